The largest absolute Gasteiger partial charge is 0.490 e. The third-order valence-corrected chi connectivity index (χ3v) is 3.39. The molecule has 20 heavy (non-hydrogen) atoms. The summed E-state index contributed by atoms with van der Waals surface area (Å²) in [6, 6.07) is 0. The molecule has 0 aliphatic carbocycles. The van der Waals surface area contributed by atoms with Gasteiger partial charge in [0.25, 0.3) is 0 Å². The smallest absolute Gasteiger partial charge is 0.206 e. The van der Waals surface area contributed by atoms with Crippen LogP contribution in [0.5, 0.6) is 5.75 Å². The molecule has 0 bridgehead atoms. The van der Waals surface area contributed by atoms with Gasteiger partial charge < -0.3 is 10.1 Å². The molecule has 0 fully saturated rings. The van der Waals surface area contributed by atoms with Gasteiger partial charge in [0.15, 0.2) is 5.82 Å². The van der Waals surface area contributed by atoms with Crippen molar-refractivity contribution in [2.75, 3.05) is 19.0 Å². The monoisotopic (exact) mass is 275 g/mol. The molecule has 0 unspecified atom stereocenters. The van der Waals surface area contributed by atoms with Gasteiger partial charge in [-0.3, -0.25) is 0 Å². The van der Waals surface area contributed by atoms with Crippen LogP contribution in [0.15, 0.2) is 6.33 Å². The zero-order chi connectivity index (χ0) is 14.7. The average molecular weight is 275 g/mol. The van der Waals surface area contributed by atoms with Gasteiger partial charge in [-0.15, -0.1) is 0 Å². The maximum absolute atomic E-state index is 5.48. The summed E-state index contributed by atoms with van der Waals surface area (Å²) in [5.74, 6) is 1.98. The standard InChI is InChI=1S/C14H21N5O/c1-6-7-15-13-12(20-5)14(17-8-16-13)19-11(4)9(2)10(3)18-19/h8H,6-7H2,1-5H3,(H,15,16,17). The summed E-state index contributed by atoms with van der Waals surface area (Å²) in [5.41, 5.74) is 3.21. The number of nitrogens with zero attached hydrogens (tertiary/aromatic N) is 4. The van der Waals surface area contributed by atoms with E-state index < -0.39 is 0 Å². The first-order valence-corrected chi connectivity index (χ1v) is 6.76. The van der Waals surface area contributed by atoms with Gasteiger partial charge in [0.05, 0.1) is 12.8 Å². The lowest BCUT2D eigenvalue weighted by Crippen LogP contribution is -2.10. The van der Waals surface area contributed by atoms with Crippen LogP contribution in [0.3, 0.4) is 0 Å². The fourth-order valence-electron chi connectivity index (χ4n) is 2.00. The molecule has 6 heteroatoms. The van der Waals surface area contributed by atoms with E-state index in [1.807, 2.05) is 18.5 Å². The van der Waals surface area contributed by atoms with Crippen molar-refractivity contribution in [3.63, 3.8) is 0 Å². The summed E-state index contributed by atoms with van der Waals surface area (Å²) in [6.07, 6.45) is 2.54. The predicted octanol–water partition coefficient (Wildman–Crippen LogP) is 2.42. The second-order valence-corrected chi connectivity index (χ2v) is 4.71. The van der Waals surface area contributed by atoms with Gasteiger partial charge in [-0.2, -0.15) is 5.10 Å². The molecule has 108 valence electrons. The lowest BCUT2D eigenvalue weighted by Gasteiger charge is -2.13. The number of ether oxygens (including phenoxy) is 1. The van der Waals surface area contributed by atoms with Gasteiger partial charge in [0.1, 0.15) is 6.33 Å². The molecule has 0 saturated carbocycles. The van der Waals surface area contributed by atoms with Crippen molar-refractivity contribution in [2.24, 2.45) is 0 Å². The molecule has 0 atom stereocenters. The van der Waals surface area contributed by atoms with E-state index in [2.05, 4.69) is 34.2 Å². The lowest BCUT2D eigenvalue weighted by atomic mass is 10.2. The van der Waals surface area contributed by atoms with Crippen LogP contribution in [0.4, 0.5) is 5.82 Å². The highest BCUT2D eigenvalue weighted by atomic mass is 16.5. The lowest BCUT2D eigenvalue weighted by molar-refractivity contribution is 0.408. The van der Waals surface area contributed by atoms with Crippen molar-refractivity contribution in [1.29, 1.82) is 0 Å². The van der Waals surface area contributed by atoms with Crippen LogP contribution >= 0.6 is 0 Å². The maximum atomic E-state index is 5.48. The van der Waals surface area contributed by atoms with E-state index in [4.69, 9.17) is 4.74 Å². The Morgan fingerprint density at radius 1 is 1.25 bits per heavy atom. The zero-order valence-electron chi connectivity index (χ0n) is 12.7. The summed E-state index contributed by atoms with van der Waals surface area (Å²) < 4.78 is 7.29. The second-order valence-electron chi connectivity index (χ2n) is 4.71. The molecule has 0 spiro atoms. The number of hydrogen-bond acceptors (Lipinski definition) is 5. The minimum Gasteiger partial charge on any atom is -0.490 e. The molecule has 2 aromatic rings. The van der Waals surface area contributed by atoms with Crippen molar-refractivity contribution in [2.45, 2.75) is 34.1 Å². The van der Waals surface area contributed by atoms with Crippen LogP contribution in [0.2, 0.25) is 0 Å². The van der Waals surface area contributed by atoms with E-state index in [9.17, 15) is 0 Å². The average Bonchev–Trinajstić information content (AvgIpc) is 2.72. The molecule has 0 aliphatic rings. The molecule has 0 amide bonds. The molecule has 1 N–H and O–H groups in total. The second kappa shape index (κ2) is 5.90. The number of nitrogens with one attached hydrogen (secondary N) is 1. The third-order valence-electron chi connectivity index (χ3n) is 3.39. The van der Waals surface area contributed by atoms with Crippen molar-refractivity contribution in [3.8, 4) is 11.6 Å². The number of hydrogen-bond donors (Lipinski definition) is 1. The third kappa shape index (κ3) is 2.45. The summed E-state index contributed by atoms with van der Waals surface area (Å²) in [5, 5.41) is 7.78. The highest BCUT2D eigenvalue weighted by Gasteiger charge is 2.17. The maximum Gasteiger partial charge on any atom is 0.206 e. The quantitative estimate of drug-likeness (QED) is 0.907. The van der Waals surface area contributed by atoms with Crippen LogP contribution in [0.1, 0.15) is 30.3 Å². The summed E-state index contributed by atoms with van der Waals surface area (Å²) in [6.45, 7) is 9.01. The summed E-state index contributed by atoms with van der Waals surface area (Å²) in [4.78, 5) is 8.57. The van der Waals surface area contributed by atoms with E-state index in [1.54, 1.807) is 7.11 Å². The highest BCUT2D eigenvalue weighted by molar-refractivity contribution is 5.58. The van der Waals surface area contributed by atoms with Crippen LogP contribution < -0.4 is 10.1 Å². The minimum atomic E-state index is 0.617. The number of aryl methyl sites for hydroxylation is 1. The SMILES string of the molecule is CCCNc1ncnc(-n2nc(C)c(C)c2C)c1OC. The molecule has 0 saturated heterocycles. The fraction of sp³-hybridized carbons (Fsp3) is 0.500. The highest BCUT2D eigenvalue weighted by Crippen LogP contribution is 2.29. The summed E-state index contributed by atoms with van der Waals surface area (Å²) in [7, 11) is 1.62. The zero-order valence-corrected chi connectivity index (χ0v) is 12.7. The summed E-state index contributed by atoms with van der Waals surface area (Å²) >= 11 is 0. The van der Waals surface area contributed by atoms with Gasteiger partial charge in [-0.05, 0) is 32.8 Å². The van der Waals surface area contributed by atoms with Gasteiger partial charge in [0.2, 0.25) is 11.6 Å². The normalized spacial score (nSPS) is 10.7. The molecule has 0 aliphatic heterocycles. The molecule has 0 aromatic carbocycles. The molecular formula is C14H21N5O. The first-order valence-electron chi connectivity index (χ1n) is 6.76. The molecule has 2 aromatic heterocycles. The topological polar surface area (TPSA) is 64.9 Å². The van der Waals surface area contributed by atoms with E-state index in [0.29, 0.717) is 17.4 Å². The predicted molar refractivity (Wildman–Crippen MR) is 78.7 cm³/mol. The van der Waals surface area contributed by atoms with Crippen LogP contribution in [0, 0.1) is 20.8 Å². The molecular weight excluding hydrogens is 254 g/mol. The Labute approximate surface area is 119 Å². The van der Waals surface area contributed by atoms with Crippen molar-refractivity contribution < 1.29 is 4.74 Å². The molecule has 2 heterocycles. The van der Waals surface area contributed by atoms with Crippen molar-refractivity contribution >= 4 is 5.82 Å². The first kappa shape index (κ1) is 14.3. The number of anilines is 1. The van der Waals surface area contributed by atoms with E-state index in [1.165, 1.54) is 6.33 Å². The minimum absolute atomic E-state index is 0.617. The molecule has 0 radical (unpaired) electrons. The number of rotatable bonds is 5. The van der Waals surface area contributed by atoms with Gasteiger partial charge in [-0.25, -0.2) is 14.6 Å². The Morgan fingerprint density at radius 2 is 2.00 bits per heavy atom. The van der Waals surface area contributed by atoms with Gasteiger partial charge in [-0.1, -0.05) is 6.92 Å². The Morgan fingerprint density at radius 3 is 2.55 bits per heavy atom. The van der Waals surface area contributed by atoms with E-state index in [0.717, 1.165) is 29.9 Å². The van der Waals surface area contributed by atoms with Gasteiger partial charge in [0, 0.05) is 12.2 Å². The van der Waals surface area contributed by atoms with E-state index >= 15 is 0 Å². The Bertz CT molecular complexity index is 606. The van der Waals surface area contributed by atoms with Crippen LogP contribution in [0.25, 0.3) is 5.82 Å². The first-order chi connectivity index (χ1) is 9.60. The van der Waals surface area contributed by atoms with Crippen LogP contribution in [-0.2, 0) is 0 Å². The molecule has 2 rings (SSSR count). The van der Waals surface area contributed by atoms with Crippen molar-refractivity contribution in [1.82, 2.24) is 19.7 Å². The van der Waals surface area contributed by atoms with Crippen molar-refractivity contribution in [3.05, 3.63) is 23.3 Å². The van der Waals surface area contributed by atoms with E-state index in [-0.39, 0.29) is 0 Å². The Kier molecular flexibility index (Phi) is 4.22. The molecule has 6 nitrogen and oxygen atoms in total. The van der Waals surface area contributed by atoms with Crippen LogP contribution in [-0.4, -0.2) is 33.4 Å². The Balaban J connectivity index is 2.53. The number of methoxy groups -OCH3 is 1. The fourth-order valence-corrected chi connectivity index (χ4v) is 2.00. The van der Waals surface area contributed by atoms with Gasteiger partial charge >= 0.3 is 0 Å². The number of aromatic nitrogens is 4. The Hall–Kier alpha value is -2.11.